The van der Waals surface area contributed by atoms with Gasteiger partial charge in [-0.3, -0.25) is 4.55 Å². The number of benzene rings is 2. The summed E-state index contributed by atoms with van der Waals surface area (Å²) in [5.41, 5.74) is 1.95. The van der Waals surface area contributed by atoms with Crippen LogP contribution >= 0.6 is 0 Å². The summed E-state index contributed by atoms with van der Waals surface area (Å²) in [7, 11) is -3.97. The molecule has 0 amide bonds. The zero-order chi connectivity index (χ0) is 19.7. The molecular formula is C19H16N2O6S. The second-order valence-corrected chi connectivity index (χ2v) is 7.83. The van der Waals surface area contributed by atoms with E-state index in [4.69, 9.17) is 13.4 Å². The van der Waals surface area contributed by atoms with Crippen LogP contribution in [0.1, 0.15) is 6.42 Å². The van der Waals surface area contributed by atoms with Gasteiger partial charge in [0.1, 0.15) is 16.7 Å². The third kappa shape index (κ3) is 3.90. The monoisotopic (exact) mass is 400 g/mol. The smallest absolute Gasteiger partial charge is 0.349 e. The molecule has 2 aromatic heterocycles. The van der Waals surface area contributed by atoms with Crippen LogP contribution in [-0.4, -0.2) is 30.3 Å². The average molecular weight is 400 g/mol. The summed E-state index contributed by atoms with van der Waals surface area (Å²) in [5, 5.41) is 3.72. The maximum Gasteiger partial charge on any atom is 0.349 e. The van der Waals surface area contributed by atoms with Gasteiger partial charge in [0.25, 0.3) is 10.1 Å². The average Bonchev–Trinajstić information content (AvgIpc) is 3.07. The van der Waals surface area contributed by atoms with Crippen molar-refractivity contribution in [3.8, 4) is 11.5 Å². The predicted molar refractivity (Wildman–Crippen MR) is 105 cm³/mol. The van der Waals surface area contributed by atoms with E-state index < -0.39 is 15.7 Å². The van der Waals surface area contributed by atoms with Gasteiger partial charge in [-0.25, -0.2) is 9.78 Å². The van der Waals surface area contributed by atoms with Gasteiger partial charge in [-0.2, -0.15) is 8.42 Å². The van der Waals surface area contributed by atoms with Crippen LogP contribution in [0.3, 0.4) is 0 Å². The summed E-state index contributed by atoms with van der Waals surface area (Å²) in [6, 6.07) is 14.1. The Labute approximate surface area is 159 Å². The Hall–Kier alpha value is -3.17. The minimum atomic E-state index is -3.97. The molecule has 0 aliphatic heterocycles. The van der Waals surface area contributed by atoms with Gasteiger partial charge < -0.3 is 14.2 Å². The SMILES string of the molecule is O=c1oc2cc(NCCCS(=O)(=O)O)ccc2cc1-c1nc2ccccc2o1. The van der Waals surface area contributed by atoms with E-state index in [9.17, 15) is 13.2 Å². The van der Waals surface area contributed by atoms with E-state index in [1.165, 1.54) is 0 Å². The van der Waals surface area contributed by atoms with Gasteiger partial charge in [0, 0.05) is 23.7 Å². The summed E-state index contributed by atoms with van der Waals surface area (Å²) in [5.74, 6) is -0.124. The molecule has 0 fully saturated rings. The summed E-state index contributed by atoms with van der Waals surface area (Å²) in [6.45, 7) is 0.344. The first-order valence-corrected chi connectivity index (χ1v) is 10.1. The normalized spacial score (nSPS) is 11.9. The number of hydrogen-bond donors (Lipinski definition) is 2. The lowest BCUT2D eigenvalue weighted by Gasteiger charge is -2.07. The third-order valence-electron chi connectivity index (χ3n) is 4.17. The first-order chi connectivity index (χ1) is 13.4. The molecule has 0 unspecified atom stereocenters. The number of para-hydroxylation sites is 2. The number of anilines is 1. The highest BCUT2D eigenvalue weighted by Gasteiger charge is 2.14. The van der Waals surface area contributed by atoms with E-state index in [0.29, 0.717) is 34.3 Å². The van der Waals surface area contributed by atoms with Crippen molar-refractivity contribution in [2.75, 3.05) is 17.6 Å². The van der Waals surface area contributed by atoms with Gasteiger partial charge in [-0.05, 0) is 36.8 Å². The molecule has 0 saturated heterocycles. The Morgan fingerprint density at radius 3 is 2.64 bits per heavy atom. The molecule has 0 atom stereocenters. The van der Waals surface area contributed by atoms with E-state index in [1.54, 1.807) is 36.4 Å². The first-order valence-electron chi connectivity index (χ1n) is 8.52. The fourth-order valence-corrected chi connectivity index (χ4v) is 3.35. The molecule has 0 spiro atoms. The van der Waals surface area contributed by atoms with Crippen LogP contribution in [0.2, 0.25) is 0 Å². The molecule has 8 nitrogen and oxygen atoms in total. The maximum atomic E-state index is 12.4. The predicted octanol–water partition coefficient (Wildman–Crippen LogP) is 3.29. The molecule has 0 bridgehead atoms. The highest BCUT2D eigenvalue weighted by Crippen LogP contribution is 2.25. The summed E-state index contributed by atoms with van der Waals surface area (Å²) in [4.78, 5) is 16.7. The fraction of sp³-hybridized carbons (Fsp3) is 0.158. The highest BCUT2D eigenvalue weighted by molar-refractivity contribution is 7.85. The Kier molecular flexibility index (Phi) is 4.62. The molecule has 144 valence electrons. The second kappa shape index (κ2) is 7.10. The number of aromatic nitrogens is 1. The quantitative estimate of drug-likeness (QED) is 0.287. The van der Waals surface area contributed by atoms with E-state index in [2.05, 4.69) is 10.3 Å². The first kappa shape index (κ1) is 18.2. The topological polar surface area (TPSA) is 123 Å². The molecule has 2 N–H and O–H groups in total. The van der Waals surface area contributed by atoms with Crippen LogP contribution in [0.4, 0.5) is 5.69 Å². The van der Waals surface area contributed by atoms with Gasteiger partial charge in [0.2, 0.25) is 5.89 Å². The summed E-state index contributed by atoms with van der Waals surface area (Å²) < 4.78 is 41.2. The van der Waals surface area contributed by atoms with Gasteiger partial charge in [0.05, 0.1) is 5.75 Å². The molecule has 2 heterocycles. The summed E-state index contributed by atoms with van der Waals surface area (Å²) >= 11 is 0. The van der Waals surface area contributed by atoms with Crippen molar-refractivity contribution in [2.45, 2.75) is 6.42 Å². The zero-order valence-corrected chi connectivity index (χ0v) is 15.4. The van der Waals surface area contributed by atoms with Crippen LogP contribution in [0.15, 0.2) is 62.2 Å². The van der Waals surface area contributed by atoms with Crippen molar-refractivity contribution in [1.29, 1.82) is 0 Å². The minimum absolute atomic E-state index is 0.198. The molecule has 28 heavy (non-hydrogen) atoms. The third-order valence-corrected chi connectivity index (χ3v) is 4.97. The number of rotatable bonds is 6. The fourth-order valence-electron chi connectivity index (χ4n) is 2.84. The number of oxazole rings is 1. The van der Waals surface area contributed by atoms with Crippen molar-refractivity contribution < 1.29 is 21.8 Å². The molecular weight excluding hydrogens is 384 g/mol. The molecule has 0 radical (unpaired) electrons. The lowest BCUT2D eigenvalue weighted by atomic mass is 10.1. The largest absolute Gasteiger partial charge is 0.436 e. The van der Waals surface area contributed by atoms with Crippen LogP contribution in [0, 0.1) is 0 Å². The lowest BCUT2D eigenvalue weighted by molar-refractivity contribution is 0.481. The molecule has 4 rings (SSSR count). The van der Waals surface area contributed by atoms with Crippen molar-refractivity contribution in [3.05, 3.63) is 59.0 Å². The van der Waals surface area contributed by atoms with Crippen molar-refractivity contribution >= 4 is 37.9 Å². The van der Waals surface area contributed by atoms with E-state index in [-0.39, 0.29) is 23.6 Å². The second-order valence-electron chi connectivity index (χ2n) is 6.25. The molecule has 0 aliphatic carbocycles. The van der Waals surface area contributed by atoms with Crippen molar-refractivity contribution in [3.63, 3.8) is 0 Å². The Bertz CT molecular complexity index is 1290. The van der Waals surface area contributed by atoms with Gasteiger partial charge in [-0.1, -0.05) is 12.1 Å². The number of fused-ring (bicyclic) bond motifs is 2. The maximum absolute atomic E-state index is 12.4. The molecule has 9 heteroatoms. The van der Waals surface area contributed by atoms with Crippen molar-refractivity contribution in [2.24, 2.45) is 0 Å². The van der Waals surface area contributed by atoms with Crippen LogP contribution < -0.4 is 10.9 Å². The Balaban J connectivity index is 1.60. The molecule has 0 aliphatic rings. The van der Waals surface area contributed by atoms with Gasteiger partial charge in [-0.15, -0.1) is 0 Å². The van der Waals surface area contributed by atoms with Crippen LogP contribution in [-0.2, 0) is 10.1 Å². The van der Waals surface area contributed by atoms with E-state index in [1.807, 2.05) is 12.1 Å². The number of nitrogens with zero attached hydrogens (tertiary/aromatic N) is 1. The number of hydrogen-bond acceptors (Lipinski definition) is 7. The summed E-state index contributed by atoms with van der Waals surface area (Å²) in [6.07, 6.45) is 0.247. The van der Waals surface area contributed by atoms with E-state index in [0.717, 1.165) is 0 Å². The minimum Gasteiger partial charge on any atom is -0.436 e. The molecule has 0 saturated carbocycles. The van der Waals surface area contributed by atoms with E-state index >= 15 is 0 Å². The Morgan fingerprint density at radius 1 is 1.04 bits per heavy atom. The lowest BCUT2D eigenvalue weighted by Crippen LogP contribution is -2.10. The standard InChI is InChI=1S/C19H16N2O6S/c22-19-14(18-21-15-4-1-2-5-16(15)26-18)10-12-6-7-13(11-17(12)27-19)20-8-3-9-28(23,24)25/h1-2,4-7,10-11,20H,3,8-9H2,(H,23,24,25). The molecule has 4 aromatic rings. The Morgan fingerprint density at radius 2 is 1.86 bits per heavy atom. The van der Waals surface area contributed by atoms with Crippen LogP contribution in [0.25, 0.3) is 33.5 Å². The number of nitrogens with one attached hydrogen (secondary N) is 1. The van der Waals surface area contributed by atoms with Gasteiger partial charge >= 0.3 is 5.63 Å². The molecule has 2 aromatic carbocycles. The van der Waals surface area contributed by atoms with Crippen LogP contribution in [0.5, 0.6) is 0 Å². The zero-order valence-electron chi connectivity index (χ0n) is 14.6. The van der Waals surface area contributed by atoms with Gasteiger partial charge in [0.15, 0.2) is 5.58 Å². The highest BCUT2D eigenvalue weighted by atomic mass is 32.2. The van der Waals surface area contributed by atoms with Crippen molar-refractivity contribution in [1.82, 2.24) is 4.98 Å².